The van der Waals surface area contributed by atoms with E-state index < -0.39 is 0 Å². The average Bonchev–Trinajstić information content (AvgIpc) is 3.47. The number of hydrogen-bond donors (Lipinski definition) is 3. The van der Waals surface area contributed by atoms with Crippen molar-refractivity contribution >= 4 is 51.9 Å². The molecule has 0 atom stereocenters. The smallest absolute Gasteiger partial charge is 0.325 e. The number of aromatic amines is 2. The number of aryl methyl sites for hydroxylation is 1. The maximum atomic E-state index is 11.8. The summed E-state index contributed by atoms with van der Waals surface area (Å²) in [5.41, 5.74) is 2.81. The number of halogens is 1. The van der Waals surface area contributed by atoms with Crippen molar-refractivity contribution in [2.75, 3.05) is 36.4 Å². The number of allylic oxidation sites excluding steroid dienone is 1. The van der Waals surface area contributed by atoms with Gasteiger partial charge < -0.3 is 24.8 Å². The zero-order valence-electron chi connectivity index (χ0n) is 20.3. The highest BCUT2D eigenvalue weighted by Gasteiger charge is 2.22. The molecule has 5 rings (SSSR count). The molecule has 3 N–H and O–H groups in total. The molecule has 11 heteroatoms. The molecular formula is C25H27ClN8O2. The van der Waals surface area contributed by atoms with Crippen LogP contribution in [0, 0.1) is 6.92 Å². The van der Waals surface area contributed by atoms with E-state index in [1.54, 1.807) is 13.0 Å². The molecule has 1 aliphatic rings. The molecule has 1 aliphatic heterocycles. The molecule has 1 fully saturated rings. The minimum absolute atomic E-state index is 0.0733. The van der Waals surface area contributed by atoms with Gasteiger partial charge in [-0.15, -0.1) is 0 Å². The number of carbonyl (C=O) groups excluding carboxylic acids is 1. The molecule has 0 spiro atoms. The number of rotatable bonds is 6. The van der Waals surface area contributed by atoms with E-state index >= 15 is 0 Å². The van der Waals surface area contributed by atoms with Crippen LogP contribution in [0.25, 0.3) is 17.0 Å². The number of carbonyl (C=O) groups is 1. The van der Waals surface area contributed by atoms with Gasteiger partial charge >= 0.3 is 6.01 Å². The third-order valence-corrected chi connectivity index (χ3v) is 6.37. The van der Waals surface area contributed by atoms with Gasteiger partial charge in [0.1, 0.15) is 17.4 Å². The van der Waals surface area contributed by atoms with E-state index in [2.05, 4.69) is 35.4 Å². The van der Waals surface area contributed by atoms with E-state index in [1.165, 1.54) is 0 Å². The van der Waals surface area contributed by atoms with E-state index in [0.29, 0.717) is 54.4 Å². The Morgan fingerprint density at radius 2 is 1.94 bits per heavy atom. The molecular weight excluding hydrogens is 480 g/mol. The molecule has 0 radical (unpaired) electrons. The first-order valence-corrected chi connectivity index (χ1v) is 12.1. The second-order valence-electron chi connectivity index (χ2n) is 8.61. The minimum Gasteiger partial charge on any atom is -0.423 e. The maximum Gasteiger partial charge on any atom is 0.325 e. The Morgan fingerprint density at radius 3 is 2.69 bits per heavy atom. The zero-order valence-corrected chi connectivity index (χ0v) is 21.1. The summed E-state index contributed by atoms with van der Waals surface area (Å²) >= 11 is 6.66. The number of fused-ring (bicyclic) bond motifs is 1. The Bertz CT molecular complexity index is 1440. The van der Waals surface area contributed by atoms with Crippen molar-refractivity contribution in [2.24, 2.45) is 0 Å². The summed E-state index contributed by atoms with van der Waals surface area (Å²) in [4.78, 5) is 28.2. The van der Waals surface area contributed by atoms with Crippen LogP contribution in [0.1, 0.15) is 25.2 Å². The monoisotopic (exact) mass is 506 g/mol. The van der Waals surface area contributed by atoms with Gasteiger partial charge in [0.25, 0.3) is 0 Å². The molecule has 186 valence electrons. The summed E-state index contributed by atoms with van der Waals surface area (Å²) in [6.07, 6.45) is 3.85. The van der Waals surface area contributed by atoms with Gasteiger partial charge in [0, 0.05) is 61.8 Å². The first-order chi connectivity index (χ1) is 17.4. The molecule has 36 heavy (non-hydrogen) atoms. The number of anilines is 3. The fraction of sp³-hybridized carbons (Fsp3) is 0.280. The summed E-state index contributed by atoms with van der Waals surface area (Å²) in [6, 6.07) is 9.57. The largest absolute Gasteiger partial charge is 0.423 e. The number of benzene rings is 1. The standard InChI is InChI=1S/C25H27ClN8O2/c1-4-5-17-13-22(32-31-17)28-21-14-23(34-10-8-33(9-11-34)16(3)35)30-25(29-21)36-20-7-6-19-18(24(20)26)12-15(2)27-19/h4-7,12-14,27H,8-11H2,1-3H3,(H2,28,29,30,31,32)/b5-4+. The van der Waals surface area contributed by atoms with Crippen LogP contribution in [-0.4, -0.2) is 62.1 Å². The Balaban J connectivity index is 1.46. The average molecular weight is 507 g/mol. The Labute approximate surface area is 213 Å². The Kier molecular flexibility index (Phi) is 6.51. The molecule has 0 bridgehead atoms. The fourth-order valence-electron chi connectivity index (χ4n) is 4.20. The van der Waals surface area contributed by atoms with Crippen molar-refractivity contribution < 1.29 is 9.53 Å². The molecule has 1 amide bonds. The number of piperazine rings is 1. The Hall–Kier alpha value is -4.05. The lowest BCUT2D eigenvalue weighted by atomic mass is 10.2. The van der Waals surface area contributed by atoms with Crippen LogP contribution in [0.15, 0.2) is 36.4 Å². The maximum absolute atomic E-state index is 11.8. The predicted molar refractivity (Wildman–Crippen MR) is 141 cm³/mol. The second kappa shape index (κ2) is 9.90. The number of nitrogens with one attached hydrogen (secondary N) is 3. The molecule has 0 aliphatic carbocycles. The van der Waals surface area contributed by atoms with Crippen molar-refractivity contribution in [1.82, 2.24) is 30.0 Å². The van der Waals surface area contributed by atoms with Crippen molar-refractivity contribution in [3.63, 3.8) is 0 Å². The lowest BCUT2D eigenvalue weighted by molar-refractivity contribution is -0.129. The van der Waals surface area contributed by atoms with Crippen LogP contribution < -0.4 is 15.0 Å². The molecule has 4 aromatic rings. The van der Waals surface area contributed by atoms with Gasteiger partial charge in [-0.3, -0.25) is 9.89 Å². The molecule has 4 heterocycles. The van der Waals surface area contributed by atoms with E-state index in [0.717, 1.165) is 22.3 Å². The molecule has 3 aromatic heterocycles. The van der Waals surface area contributed by atoms with Gasteiger partial charge in [-0.2, -0.15) is 15.1 Å². The highest BCUT2D eigenvalue weighted by molar-refractivity contribution is 6.37. The highest BCUT2D eigenvalue weighted by Crippen LogP contribution is 2.36. The number of aromatic nitrogens is 5. The lowest BCUT2D eigenvalue weighted by Crippen LogP contribution is -2.48. The van der Waals surface area contributed by atoms with Crippen LogP contribution >= 0.6 is 11.6 Å². The summed E-state index contributed by atoms with van der Waals surface area (Å²) < 4.78 is 6.10. The van der Waals surface area contributed by atoms with E-state index in [9.17, 15) is 4.79 Å². The van der Waals surface area contributed by atoms with Crippen LogP contribution in [0.3, 0.4) is 0 Å². The van der Waals surface area contributed by atoms with Gasteiger partial charge in [0.2, 0.25) is 5.91 Å². The van der Waals surface area contributed by atoms with Crippen LogP contribution in [-0.2, 0) is 4.79 Å². The van der Waals surface area contributed by atoms with Crippen molar-refractivity contribution in [2.45, 2.75) is 20.8 Å². The van der Waals surface area contributed by atoms with Crippen LogP contribution in [0.5, 0.6) is 11.8 Å². The van der Waals surface area contributed by atoms with Gasteiger partial charge in [0.05, 0.1) is 10.7 Å². The van der Waals surface area contributed by atoms with Crippen LogP contribution in [0.2, 0.25) is 5.02 Å². The minimum atomic E-state index is 0.0733. The summed E-state index contributed by atoms with van der Waals surface area (Å²) in [7, 11) is 0. The predicted octanol–water partition coefficient (Wildman–Crippen LogP) is 4.88. The number of hydrogen-bond acceptors (Lipinski definition) is 7. The first kappa shape index (κ1) is 23.7. The number of ether oxygens (including phenoxy) is 1. The normalized spacial score (nSPS) is 14.1. The lowest BCUT2D eigenvalue weighted by Gasteiger charge is -2.35. The fourth-order valence-corrected chi connectivity index (χ4v) is 4.45. The van der Waals surface area contributed by atoms with Gasteiger partial charge in [0.15, 0.2) is 5.82 Å². The third-order valence-electron chi connectivity index (χ3n) is 5.98. The molecule has 1 aromatic carbocycles. The quantitative estimate of drug-likeness (QED) is 0.341. The molecule has 0 saturated carbocycles. The van der Waals surface area contributed by atoms with E-state index in [1.807, 2.05) is 55.2 Å². The topological polar surface area (TPSA) is 115 Å². The Morgan fingerprint density at radius 1 is 1.14 bits per heavy atom. The molecule has 0 unspecified atom stereocenters. The van der Waals surface area contributed by atoms with E-state index in [-0.39, 0.29) is 11.9 Å². The summed E-state index contributed by atoms with van der Waals surface area (Å²) in [5, 5.41) is 11.8. The number of nitrogens with zero attached hydrogens (tertiary/aromatic N) is 5. The van der Waals surface area contributed by atoms with E-state index in [4.69, 9.17) is 16.3 Å². The van der Waals surface area contributed by atoms with Crippen molar-refractivity contribution in [1.29, 1.82) is 0 Å². The summed E-state index contributed by atoms with van der Waals surface area (Å²) in [5.74, 6) is 2.36. The first-order valence-electron chi connectivity index (χ1n) is 11.7. The zero-order chi connectivity index (χ0) is 25.2. The van der Waals surface area contributed by atoms with Crippen molar-refractivity contribution in [3.8, 4) is 11.8 Å². The number of H-pyrrole nitrogens is 2. The van der Waals surface area contributed by atoms with Gasteiger partial charge in [-0.25, -0.2) is 0 Å². The third kappa shape index (κ3) is 4.99. The number of amides is 1. The summed E-state index contributed by atoms with van der Waals surface area (Å²) in [6.45, 7) is 8.06. The molecule has 10 nitrogen and oxygen atoms in total. The van der Waals surface area contributed by atoms with Gasteiger partial charge in [-0.1, -0.05) is 17.7 Å². The van der Waals surface area contributed by atoms with Crippen molar-refractivity contribution in [3.05, 3.63) is 52.8 Å². The van der Waals surface area contributed by atoms with Gasteiger partial charge in [-0.05, 0) is 38.1 Å². The SMILES string of the molecule is C/C=C/c1cc(Nc2cc(N3CCN(C(C)=O)CC3)nc(Oc3ccc4[nH]c(C)cc4c3Cl)n2)n[nH]1. The second-order valence-corrected chi connectivity index (χ2v) is 8.99. The highest BCUT2D eigenvalue weighted by atomic mass is 35.5. The van der Waals surface area contributed by atoms with Crippen LogP contribution in [0.4, 0.5) is 17.5 Å². The molecule has 1 saturated heterocycles.